The molecular formula is C25H16ClN3O3S. The van der Waals surface area contributed by atoms with Crippen molar-refractivity contribution in [3.8, 4) is 11.8 Å². The highest BCUT2D eigenvalue weighted by Crippen LogP contribution is 2.45. The van der Waals surface area contributed by atoms with E-state index in [0.29, 0.717) is 21.4 Å². The zero-order chi connectivity index (χ0) is 23.1. The normalized spacial score (nSPS) is 15.1. The van der Waals surface area contributed by atoms with Crippen LogP contribution in [0, 0.1) is 18.3 Å². The van der Waals surface area contributed by atoms with Crippen molar-refractivity contribution in [3.63, 3.8) is 0 Å². The first kappa shape index (κ1) is 21.1. The summed E-state index contributed by atoms with van der Waals surface area (Å²) in [5, 5.41) is 12.1. The van der Waals surface area contributed by atoms with E-state index in [9.17, 15) is 10.1 Å². The summed E-state index contributed by atoms with van der Waals surface area (Å²) in [5.41, 5.74) is 7.35. The van der Waals surface area contributed by atoms with E-state index in [-0.39, 0.29) is 22.8 Å². The number of aromatic nitrogens is 1. The van der Waals surface area contributed by atoms with Gasteiger partial charge in [-0.15, -0.1) is 0 Å². The first-order valence-electron chi connectivity index (χ1n) is 10.00. The lowest BCUT2D eigenvalue weighted by molar-refractivity contribution is 0.371. The molecule has 1 unspecified atom stereocenters. The Morgan fingerprint density at radius 1 is 1.15 bits per heavy atom. The maximum atomic E-state index is 12.9. The van der Waals surface area contributed by atoms with Gasteiger partial charge < -0.3 is 14.9 Å². The summed E-state index contributed by atoms with van der Waals surface area (Å²) in [5.74, 6) is -0.169. The quantitative estimate of drug-likeness (QED) is 0.418. The molecule has 2 aromatic heterocycles. The van der Waals surface area contributed by atoms with E-state index in [1.165, 1.54) is 11.8 Å². The molecular weight excluding hydrogens is 458 g/mol. The molecule has 6 nitrogen and oxygen atoms in total. The summed E-state index contributed by atoms with van der Waals surface area (Å²) in [6.45, 7) is 1.65. The number of pyridine rings is 1. The first-order valence-corrected chi connectivity index (χ1v) is 11.2. The van der Waals surface area contributed by atoms with Crippen LogP contribution in [0.3, 0.4) is 0 Å². The topological polar surface area (TPSA) is 102 Å². The largest absolute Gasteiger partial charge is 0.440 e. The van der Waals surface area contributed by atoms with E-state index in [1.54, 1.807) is 25.1 Å². The molecule has 2 N–H and O–H groups in total. The average Bonchev–Trinajstić information content (AvgIpc) is 2.79. The van der Waals surface area contributed by atoms with Gasteiger partial charge in [-0.3, -0.25) is 0 Å². The van der Waals surface area contributed by atoms with Gasteiger partial charge in [0, 0.05) is 21.4 Å². The van der Waals surface area contributed by atoms with Crippen LogP contribution in [0.4, 0.5) is 0 Å². The minimum atomic E-state index is -0.789. The minimum absolute atomic E-state index is 0.0457. The van der Waals surface area contributed by atoms with E-state index >= 15 is 0 Å². The Bertz CT molecular complexity index is 1540. The van der Waals surface area contributed by atoms with Crippen LogP contribution in [-0.2, 0) is 0 Å². The van der Waals surface area contributed by atoms with Gasteiger partial charge in [-0.1, -0.05) is 41.6 Å². The molecule has 1 atom stereocenters. The van der Waals surface area contributed by atoms with Crippen molar-refractivity contribution < 1.29 is 9.15 Å². The number of aryl methyl sites for hydroxylation is 1. The van der Waals surface area contributed by atoms with E-state index < -0.39 is 11.5 Å². The number of halogens is 1. The summed E-state index contributed by atoms with van der Waals surface area (Å²) < 4.78 is 11.0. The molecule has 0 fully saturated rings. The Hall–Kier alpha value is -3.73. The molecule has 0 saturated heterocycles. The number of nitrogens with zero attached hydrogens (tertiary/aromatic N) is 2. The van der Waals surface area contributed by atoms with Gasteiger partial charge in [-0.25, -0.2) is 9.78 Å². The molecule has 162 valence electrons. The molecule has 3 heterocycles. The molecule has 8 heteroatoms. The van der Waals surface area contributed by atoms with E-state index in [4.69, 9.17) is 31.5 Å². The number of fused-ring (bicyclic) bond motifs is 2. The van der Waals surface area contributed by atoms with Gasteiger partial charge in [0.15, 0.2) is 0 Å². The summed E-state index contributed by atoms with van der Waals surface area (Å²) in [6, 6.07) is 20.7. The lowest BCUT2D eigenvalue weighted by atomic mass is 9.84. The van der Waals surface area contributed by atoms with Crippen molar-refractivity contribution in [2.45, 2.75) is 22.8 Å². The summed E-state index contributed by atoms with van der Waals surface area (Å²) in [6.07, 6.45) is 0. The molecule has 0 spiro atoms. The van der Waals surface area contributed by atoms with Crippen LogP contribution < -0.4 is 16.1 Å². The molecule has 2 aromatic carbocycles. The van der Waals surface area contributed by atoms with Gasteiger partial charge in [-0.05, 0) is 48.9 Å². The molecule has 1 aliphatic rings. The zero-order valence-corrected chi connectivity index (χ0v) is 18.9. The maximum Gasteiger partial charge on any atom is 0.343 e. The number of para-hydroxylation sites is 1. The van der Waals surface area contributed by atoms with Gasteiger partial charge in [0.2, 0.25) is 5.88 Å². The van der Waals surface area contributed by atoms with Crippen LogP contribution in [0.25, 0.3) is 10.9 Å². The molecule has 0 radical (unpaired) electrons. The number of benzene rings is 2. The van der Waals surface area contributed by atoms with Gasteiger partial charge in [-0.2, -0.15) is 5.26 Å². The second-order valence-electron chi connectivity index (χ2n) is 7.48. The van der Waals surface area contributed by atoms with Crippen LogP contribution in [-0.4, -0.2) is 4.98 Å². The SMILES string of the molecule is Cc1cc2c(c(=O)o1)C(c1cc3ccccc3nc1Sc1ccc(Cl)cc1)C(C#N)=C(N)O2. The highest BCUT2D eigenvalue weighted by atomic mass is 35.5. The fourth-order valence-corrected chi connectivity index (χ4v) is 4.91. The van der Waals surface area contributed by atoms with E-state index in [0.717, 1.165) is 15.8 Å². The number of nitrogens with two attached hydrogens (primary N) is 1. The van der Waals surface area contributed by atoms with Crippen LogP contribution in [0.1, 0.15) is 22.8 Å². The van der Waals surface area contributed by atoms with E-state index in [1.807, 2.05) is 42.5 Å². The van der Waals surface area contributed by atoms with Crippen molar-refractivity contribution >= 4 is 34.3 Å². The smallest absolute Gasteiger partial charge is 0.343 e. The van der Waals surface area contributed by atoms with Crippen molar-refractivity contribution in [1.29, 1.82) is 5.26 Å². The lowest BCUT2D eigenvalue weighted by Gasteiger charge is -2.26. The fourth-order valence-electron chi connectivity index (χ4n) is 3.85. The number of ether oxygens (including phenoxy) is 1. The standard InChI is InChI=1S/C25H16ClN3O3S/c1-13-10-20-22(25(30)31-13)21(18(12-27)23(28)32-20)17-11-14-4-2-3-5-19(14)29-24(17)33-16-8-6-15(26)7-9-16/h2-11,21H,28H2,1H3. The summed E-state index contributed by atoms with van der Waals surface area (Å²) in [4.78, 5) is 18.7. The number of hydrogen-bond donors (Lipinski definition) is 1. The van der Waals surface area contributed by atoms with Gasteiger partial charge in [0.1, 0.15) is 28.2 Å². The molecule has 1 aliphatic heterocycles. The molecule has 33 heavy (non-hydrogen) atoms. The lowest BCUT2D eigenvalue weighted by Crippen LogP contribution is -2.26. The monoisotopic (exact) mass is 473 g/mol. The third kappa shape index (κ3) is 3.84. The second kappa shape index (κ2) is 8.32. The number of hydrogen-bond acceptors (Lipinski definition) is 7. The molecule has 4 aromatic rings. The fraction of sp³-hybridized carbons (Fsp3) is 0.0800. The summed E-state index contributed by atoms with van der Waals surface area (Å²) in [7, 11) is 0. The minimum Gasteiger partial charge on any atom is -0.440 e. The Morgan fingerprint density at radius 2 is 1.91 bits per heavy atom. The third-order valence-corrected chi connectivity index (χ3v) is 6.59. The molecule has 0 bridgehead atoms. The van der Waals surface area contributed by atoms with Crippen LogP contribution in [0.5, 0.6) is 5.75 Å². The van der Waals surface area contributed by atoms with Gasteiger partial charge in [0.25, 0.3) is 0 Å². The van der Waals surface area contributed by atoms with Crippen LogP contribution in [0.15, 0.2) is 91.3 Å². The van der Waals surface area contributed by atoms with Crippen molar-refractivity contribution in [2.75, 3.05) is 0 Å². The van der Waals surface area contributed by atoms with Gasteiger partial charge in [0.05, 0.1) is 17.0 Å². The zero-order valence-electron chi connectivity index (χ0n) is 17.3. The van der Waals surface area contributed by atoms with Crippen molar-refractivity contribution in [2.24, 2.45) is 5.73 Å². The second-order valence-corrected chi connectivity index (χ2v) is 8.98. The molecule has 0 saturated carbocycles. The highest BCUT2D eigenvalue weighted by Gasteiger charge is 2.36. The molecule has 5 rings (SSSR count). The molecule has 0 amide bonds. The Balaban J connectivity index is 1.79. The third-order valence-electron chi connectivity index (χ3n) is 5.31. The summed E-state index contributed by atoms with van der Waals surface area (Å²) >= 11 is 7.46. The Morgan fingerprint density at radius 3 is 2.67 bits per heavy atom. The highest BCUT2D eigenvalue weighted by molar-refractivity contribution is 7.99. The number of allylic oxidation sites excluding steroid dienone is 1. The van der Waals surface area contributed by atoms with Crippen LogP contribution in [0.2, 0.25) is 5.02 Å². The van der Waals surface area contributed by atoms with E-state index in [2.05, 4.69) is 6.07 Å². The average molecular weight is 474 g/mol. The molecule has 0 aliphatic carbocycles. The Kier molecular flexibility index (Phi) is 5.33. The van der Waals surface area contributed by atoms with Gasteiger partial charge >= 0.3 is 5.63 Å². The number of rotatable bonds is 3. The Labute approximate surface area is 198 Å². The number of nitriles is 1. The van der Waals surface area contributed by atoms with Crippen molar-refractivity contribution in [3.05, 3.63) is 104 Å². The van der Waals surface area contributed by atoms with Crippen molar-refractivity contribution in [1.82, 2.24) is 4.98 Å². The predicted octanol–water partition coefficient (Wildman–Crippen LogP) is 5.52. The predicted molar refractivity (Wildman–Crippen MR) is 126 cm³/mol. The maximum absolute atomic E-state index is 12.9. The van der Waals surface area contributed by atoms with Crippen LogP contribution >= 0.6 is 23.4 Å². The first-order chi connectivity index (χ1) is 15.9.